The maximum atomic E-state index is 5.31. The van der Waals surface area contributed by atoms with Crippen LogP contribution in [0.2, 0.25) is 0 Å². The van der Waals surface area contributed by atoms with Gasteiger partial charge in [-0.3, -0.25) is 0 Å². The van der Waals surface area contributed by atoms with Gasteiger partial charge in [-0.05, 0) is 34.8 Å². The van der Waals surface area contributed by atoms with Crippen molar-refractivity contribution in [2.75, 3.05) is 7.11 Å². The van der Waals surface area contributed by atoms with Crippen LogP contribution in [0.4, 0.5) is 0 Å². The number of hydrogen-bond donors (Lipinski definition) is 0. The van der Waals surface area contributed by atoms with Crippen molar-refractivity contribution in [3.8, 4) is 0 Å². The van der Waals surface area contributed by atoms with Crippen molar-refractivity contribution in [1.82, 2.24) is 0 Å². The zero-order valence-electron chi connectivity index (χ0n) is 13.7. The maximum absolute atomic E-state index is 5.31. The van der Waals surface area contributed by atoms with Crippen LogP contribution in [0.15, 0.2) is 60.7 Å². The van der Waals surface area contributed by atoms with E-state index in [1.807, 2.05) is 6.92 Å². The fraction of sp³-hybridized carbons (Fsp3) is 0.190. The highest BCUT2D eigenvalue weighted by Gasteiger charge is 2.00. The minimum atomic E-state index is 0.650. The molecule has 0 aliphatic heterocycles. The Kier molecular flexibility index (Phi) is 6.45. The second-order valence-electron chi connectivity index (χ2n) is 5.63. The van der Waals surface area contributed by atoms with Crippen molar-refractivity contribution in [2.24, 2.45) is 0 Å². The molecule has 0 amide bonds. The summed E-state index contributed by atoms with van der Waals surface area (Å²) in [6.07, 6.45) is 5.02. The molecule has 0 spiro atoms. The van der Waals surface area contributed by atoms with Gasteiger partial charge in [0.25, 0.3) is 0 Å². The molecule has 0 saturated carbocycles. The Bertz CT molecular complexity index is 694. The fourth-order valence-corrected chi connectivity index (χ4v) is 2.33. The van der Waals surface area contributed by atoms with Crippen LogP contribution in [0.25, 0.3) is 12.2 Å². The van der Waals surface area contributed by atoms with E-state index >= 15 is 0 Å². The Labute approximate surface area is 144 Å². The highest BCUT2D eigenvalue weighted by Crippen LogP contribution is 2.13. The van der Waals surface area contributed by atoms with E-state index in [-0.39, 0.29) is 0 Å². The second kappa shape index (κ2) is 8.56. The lowest BCUT2D eigenvalue weighted by molar-refractivity contribution is 0.185. The zero-order valence-corrected chi connectivity index (χ0v) is 14.5. The molecule has 0 N–H and O–H groups in total. The van der Waals surface area contributed by atoms with E-state index in [2.05, 4.69) is 67.3 Å². The lowest BCUT2D eigenvalue weighted by Gasteiger charge is -2.04. The van der Waals surface area contributed by atoms with E-state index in [4.69, 9.17) is 17.0 Å². The van der Waals surface area contributed by atoms with Gasteiger partial charge in [0.2, 0.25) is 0 Å². The third kappa shape index (κ3) is 5.59. The average molecular weight is 322 g/mol. The van der Waals surface area contributed by atoms with Crippen LogP contribution in [-0.2, 0) is 17.8 Å². The Hall–Kier alpha value is -2.03. The quantitative estimate of drug-likeness (QED) is 0.378. The first kappa shape index (κ1) is 17.3. The van der Waals surface area contributed by atoms with Crippen molar-refractivity contribution >= 4 is 29.2 Å². The number of methoxy groups -OCH3 is 1. The molecule has 0 bridgehead atoms. The SMILES string of the molecule is C=C(C)C(=S)Cc1ccc(/C=C/c2ccc(COC)cc2)cc1. The molecule has 0 atom stereocenters. The van der Waals surface area contributed by atoms with Gasteiger partial charge in [-0.2, -0.15) is 0 Å². The summed E-state index contributed by atoms with van der Waals surface area (Å²) in [5, 5.41) is 0. The van der Waals surface area contributed by atoms with Crippen molar-refractivity contribution in [1.29, 1.82) is 0 Å². The molecule has 0 aliphatic carbocycles. The molecule has 2 aromatic carbocycles. The van der Waals surface area contributed by atoms with E-state index < -0.39 is 0 Å². The van der Waals surface area contributed by atoms with E-state index in [1.54, 1.807) is 7.11 Å². The standard InChI is InChI=1S/C21H22OS/c1-16(2)21(23)14-19-10-6-17(7-11-19)4-5-18-8-12-20(13-9-18)15-22-3/h4-13H,1,14-15H2,2-3H3/b5-4+. The number of hydrogen-bond acceptors (Lipinski definition) is 2. The van der Waals surface area contributed by atoms with Crippen LogP contribution >= 0.6 is 12.2 Å². The maximum Gasteiger partial charge on any atom is 0.0713 e. The molecule has 2 aromatic rings. The molecule has 2 rings (SSSR count). The normalized spacial score (nSPS) is 10.9. The van der Waals surface area contributed by atoms with E-state index in [1.165, 1.54) is 22.3 Å². The van der Waals surface area contributed by atoms with Gasteiger partial charge in [0.05, 0.1) is 6.61 Å². The predicted molar refractivity (Wildman–Crippen MR) is 104 cm³/mol. The first-order chi connectivity index (χ1) is 11.1. The molecule has 1 nitrogen and oxygen atoms in total. The first-order valence-electron chi connectivity index (χ1n) is 7.62. The molecule has 0 saturated heterocycles. The average Bonchev–Trinajstić information content (AvgIpc) is 2.55. The topological polar surface area (TPSA) is 9.23 Å². The van der Waals surface area contributed by atoms with Crippen molar-refractivity contribution in [3.63, 3.8) is 0 Å². The summed E-state index contributed by atoms with van der Waals surface area (Å²) >= 11 is 5.31. The van der Waals surface area contributed by atoms with Crippen molar-refractivity contribution in [2.45, 2.75) is 20.0 Å². The van der Waals surface area contributed by atoms with E-state index in [0.29, 0.717) is 6.61 Å². The molecular formula is C21H22OS. The number of allylic oxidation sites excluding steroid dienone is 1. The minimum absolute atomic E-state index is 0.650. The van der Waals surface area contributed by atoms with Gasteiger partial charge >= 0.3 is 0 Å². The fourth-order valence-electron chi connectivity index (χ4n) is 2.17. The Morgan fingerprint density at radius 1 is 0.957 bits per heavy atom. The summed E-state index contributed by atoms with van der Waals surface area (Å²) in [6, 6.07) is 16.9. The molecule has 0 heterocycles. The Morgan fingerprint density at radius 3 is 1.87 bits per heavy atom. The second-order valence-corrected chi connectivity index (χ2v) is 6.12. The third-order valence-electron chi connectivity index (χ3n) is 3.58. The number of thiocarbonyl (C=S) groups is 1. The smallest absolute Gasteiger partial charge is 0.0713 e. The number of rotatable bonds is 7. The van der Waals surface area contributed by atoms with Crippen molar-refractivity contribution in [3.05, 3.63) is 82.9 Å². The third-order valence-corrected chi connectivity index (χ3v) is 4.07. The molecule has 0 aromatic heterocycles. The largest absolute Gasteiger partial charge is 0.380 e. The van der Waals surface area contributed by atoms with Crippen LogP contribution in [0, 0.1) is 0 Å². The van der Waals surface area contributed by atoms with Crippen molar-refractivity contribution < 1.29 is 4.74 Å². The zero-order chi connectivity index (χ0) is 16.7. The summed E-state index contributed by atoms with van der Waals surface area (Å²) in [5.41, 5.74) is 5.73. The molecule has 23 heavy (non-hydrogen) atoms. The molecule has 118 valence electrons. The lowest BCUT2D eigenvalue weighted by Crippen LogP contribution is -2.00. The summed E-state index contributed by atoms with van der Waals surface area (Å²) < 4.78 is 5.12. The van der Waals surface area contributed by atoms with Gasteiger partial charge in [0, 0.05) is 18.4 Å². The van der Waals surface area contributed by atoms with Crippen LogP contribution in [-0.4, -0.2) is 12.0 Å². The highest BCUT2D eigenvalue weighted by atomic mass is 32.1. The van der Waals surface area contributed by atoms with Gasteiger partial charge in [-0.25, -0.2) is 0 Å². The molecule has 0 radical (unpaired) electrons. The van der Waals surface area contributed by atoms with E-state index in [0.717, 1.165) is 16.9 Å². The van der Waals surface area contributed by atoms with Gasteiger partial charge in [0.1, 0.15) is 0 Å². The van der Waals surface area contributed by atoms with Crippen LogP contribution in [0.3, 0.4) is 0 Å². The Balaban J connectivity index is 1.99. The summed E-state index contributed by atoms with van der Waals surface area (Å²) in [7, 11) is 1.71. The monoisotopic (exact) mass is 322 g/mol. The van der Waals surface area contributed by atoms with Gasteiger partial charge in [-0.15, -0.1) is 0 Å². The number of benzene rings is 2. The molecule has 0 fully saturated rings. The molecule has 0 unspecified atom stereocenters. The van der Waals surface area contributed by atoms with E-state index in [9.17, 15) is 0 Å². The van der Waals surface area contributed by atoms with Crippen LogP contribution in [0.1, 0.15) is 29.2 Å². The van der Waals surface area contributed by atoms with Gasteiger partial charge < -0.3 is 4.74 Å². The van der Waals surface area contributed by atoms with Gasteiger partial charge in [-0.1, -0.05) is 79.5 Å². The molecule has 2 heteroatoms. The first-order valence-corrected chi connectivity index (χ1v) is 8.03. The summed E-state index contributed by atoms with van der Waals surface area (Å²) in [5.74, 6) is 0. The molecule has 0 aliphatic rings. The number of ether oxygens (including phenoxy) is 1. The minimum Gasteiger partial charge on any atom is -0.380 e. The van der Waals surface area contributed by atoms with Crippen LogP contribution < -0.4 is 0 Å². The molecular weight excluding hydrogens is 300 g/mol. The summed E-state index contributed by atoms with van der Waals surface area (Å²) in [4.78, 5) is 0.921. The predicted octanol–water partition coefficient (Wildman–Crippen LogP) is 5.49. The Morgan fingerprint density at radius 2 is 1.43 bits per heavy atom. The lowest BCUT2D eigenvalue weighted by atomic mass is 10.0. The highest BCUT2D eigenvalue weighted by molar-refractivity contribution is 7.80. The van der Waals surface area contributed by atoms with Crippen LogP contribution in [0.5, 0.6) is 0 Å². The van der Waals surface area contributed by atoms with Gasteiger partial charge in [0.15, 0.2) is 0 Å². The summed E-state index contributed by atoms with van der Waals surface area (Å²) in [6.45, 7) is 6.50.